The van der Waals surface area contributed by atoms with Crippen molar-refractivity contribution in [2.75, 3.05) is 18.9 Å². The van der Waals surface area contributed by atoms with Crippen LogP contribution in [0, 0.1) is 0 Å². The fourth-order valence-corrected chi connectivity index (χ4v) is 1.66. The number of thioether (sulfide) groups is 1. The minimum absolute atomic E-state index is 0.343. The second-order valence-electron chi connectivity index (χ2n) is 2.55. The molecule has 0 radical (unpaired) electrons. The maximum Gasteiger partial charge on any atom is 0.246 e. The predicted octanol–water partition coefficient (Wildman–Crippen LogP) is 0.843. The van der Waals surface area contributed by atoms with E-state index in [0.717, 1.165) is 30.6 Å². The van der Waals surface area contributed by atoms with E-state index in [9.17, 15) is 0 Å². The minimum atomic E-state index is 0.343. The van der Waals surface area contributed by atoms with Gasteiger partial charge in [0.2, 0.25) is 5.23 Å². The number of ether oxygens (including phenoxy) is 1. The van der Waals surface area contributed by atoms with E-state index < -0.39 is 0 Å². The molecule has 1 unspecified atom stereocenters. The minimum Gasteiger partial charge on any atom is -0.471 e. The van der Waals surface area contributed by atoms with Gasteiger partial charge in [0.1, 0.15) is 6.61 Å². The highest BCUT2D eigenvalue weighted by molar-refractivity contribution is 8.13. The van der Waals surface area contributed by atoms with Crippen molar-refractivity contribution in [3.8, 4) is 0 Å². The maximum absolute atomic E-state index is 5.35. The van der Waals surface area contributed by atoms with Crippen LogP contribution in [0.1, 0.15) is 13.3 Å². The van der Waals surface area contributed by atoms with Gasteiger partial charge in [0, 0.05) is 5.75 Å². The molecule has 0 amide bonds. The van der Waals surface area contributed by atoms with Gasteiger partial charge in [-0.15, -0.1) is 0 Å². The Morgan fingerprint density at radius 1 is 1.82 bits per heavy atom. The second-order valence-corrected chi connectivity index (χ2v) is 3.59. The molecule has 3 nitrogen and oxygen atoms in total. The number of hydrogen-bond acceptors (Lipinski definition) is 4. The molecule has 64 valence electrons. The van der Waals surface area contributed by atoms with E-state index in [0.29, 0.717) is 6.04 Å². The van der Waals surface area contributed by atoms with Crippen LogP contribution in [0.2, 0.25) is 0 Å². The molecule has 4 heteroatoms. The predicted molar refractivity (Wildman–Crippen MR) is 49.0 cm³/mol. The maximum atomic E-state index is 5.35. The summed E-state index contributed by atoms with van der Waals surface area (Å²) < 4.78 is 5.28. The summed E-state index contributed by atoms with van der Waals surface area (Å²) in [6, 6.07) is 0.343. The SMILES string of the molecule is CC1COC(SCCCN)=N1. The van der Waals surface area contributed by atoms with E-state index in [1.165, 1.54) is 0 Å². The van der Waals surface area contributed by atoms with Gasteiger partial charge in [0.15, 0.2) is 0 Å². The highest BCUT2D eigenvalue weighted by Gasteiger charge is 2.13. The molecule has 0 aromatic carbocycles. The van der Waals surface area contributed by atoms with E-state index in [4.69, 9.17) is 10.5 Å². The van der Waals surface area contributed by atoms with Crippen molar-refractivity contribution in [3.63, 3.8) is 0 Å². The van der Waals surface area contributed by atoms with Gasteiger partial charge in [-0.2, -0.15) is 0 Å². The molecular weight excluding hydrogens is 160 g/mol. The molecule has 0 aromatic heterocycles. The van der Waals surface area contributed by atoms with Gasteiger partial charge in [0.05, 0.1) is 6.04 Å². The highest BCUT2D eigenvalue weighted by atomic mass is 32.2. The number of hydrogen-bond donors (Lipinski definition) is 1. The number of aliphatic imine (C=N–C) groups is 1. The molecule has 0 aliphatic carbocycles. The van der Waals surface area contributed by atoms with Crippen LogP contribution in [0.5, 0.6) is 0 Å². The van der Waals surface area contributed by atoms with E-state index in [-0.39, 0.29) is 0 Å². The lowest BCUT2D eigenvalue weighted by Crippen LogP contribution is -2.02. The monoisotopic (exact) mass is 174 g/mol. The first-order valence-corrected chi connectivity index (χ1v) is 4.85. The summed E-state index contributed by atoms with van der Waals surface area (Å²) in [5, 5.41) is 0.839. The van der Waals surface area contributed by atoms with E-state index in [2.05, 4.69) is 11.9 Å². The summed E-state index contributed by atoms with van der Waals surface area (Å²) in [4.78, 5) is 4.28. The van der Waals surface area contributed by atoms with Crippen molar-refractivity contribution in [2.45, 2.75) is 19.4 Å². The number of rotatable bonds is 3. The summed E-state index contributed by atoms with van der Waals surface area (Å²) in [5.74, 6) is 1.02. The molecule has 0 fully saturated rings. The average molecular weight is 174 g/mol. The van der Waals surface area contributed by atoms with Gasteiger partial charge in [-0.3, -0.25) is 0 Å². The summed E-state index contributed by atoms with van der Waals surface area (Å²) >= 11 is 1.66. The van der Waals surface area contributed by atoms with Crippen LogP contribution in [0.3, 0.4) is 0 Å². The molecular formula is C7H14N2OS. The lowest BCUT2D eigenvalue weighted by molar-refractivity contribution is 0.331. The Bertz CT molecular complexity index is 149. The summed E-state index contributed by atoms with van der Waals surface area (Å²) in [5.41, 5.74) is 5.35. The normalized spacial score (nSPS) is 23.1. The molecule has 1 aliphatic heterocycles. The molecule has 0 bridgehead atoms. The summed E-state index contributed by atoms with van der Waals surface area (Å²) in [6.07, 6.45) is 1.03. The molecule has 1 heterocycles. The quantitative estimate of drug-likeness (QED) is 0.645. The van der Waals surface area contributed by atoms with Crippen molar-refractivity contribution in [1.82, 2.24) is 0 Å². The highest BCUT2D eigenvalue weighted by Crippen LogP contribution is 2.14. The van der Waals surface area contributed by atoms with Crippen LogP contribution in [-0.2, 0) is 4.74 Å². The fraction of sp³-hybridized carbons (Fsp3) is 0.857. The fourth-order valence-electron chi connectivity index (χ4n) is 0.768. The third kappa shape index (κ3) is 3.12. The Labute approximate surface area is 71.4 Å². The molecule has 1 aliphatic rings. The first-order chi connectivity index (χ1) is 5.33. The Hall–Kier alpha value is -0.220. The zero-order valence-electron chi connectivity index (χ0n) is 6.75. The molecule has 11 heavy (non-hydrogen) atoms. The number of nitrogens with two attached hydrogens (primary N) is 1. The van der Waals surface area contributed by atoms with Crippen LogP contribution in [0.15, 0.2) is 4.99 Å². The van der Waals surface area contributed by atoms with Gasteiger partial charge in [-0.05, 0) is 19.9 Å². The van der Waals surface area contributed by atoms with E-state index in [1.807, 2.05) is 0 Å². The smallest absolute Gasteiger partial charge is 0.246 e. The van der Waals surface area contributed by atoms with Crippen molar-refractivity contribution >= 4 is 17.0 Å². The van der Waals surface area contributed by atoms with Crippen molar-refractivity contribution < 1.29 is 4.74 Å². The molecule has 2 N–H and O–H groups in total. The third-order valence-corrected chi connectivity index (χ3v) is 2.31. The molecule has 0 spiro atoms. The van der Waals surface area contributed by atoms with E-state index in [1.54, 1.807) is 11.8 Å². The molecule has 0 saturated carbocycles. The summed E-state index contributed by atoms with van der Waals surface area (Å²) in [7, 11) is 0. The zero-order chi connectivity index (χ0) is 8.10. The first-order valence-electron chi connectivity index (χ1n) is 3.86. The lowest BCUT2D eigenvalue weighted by atomic mass is 10.4. The summed E-state index contributed by atoms with van der Waals surface area (Å²) in [6.45, 7) is 3.54. The Kier molecular flexibility index (Phi) is 3.72. The zero-order valence-corrected chi connectivity index (χ0v) is 7.56. The molecule has 1 atom stereocenters. The van der Waals surface area contributed by atoms with Crippen molar-refractivity contribution in [3.05, 3.63) is 0 Å². The van der Waals surface area contributed by atoms with Crippen LogP contribution in [0.4, 0.5) is 0 Å². The third-order valence-electron chi connectivity index (χ3n) is 1.35. The van der Waals surface area contributed by atoms with Crippen LogP contribution < -0.4 is 5.73 Å². The topological polar surface area (TPSA) is 47.6 Å². The number of nitrogens with zero attached hydrogens (tertiary/aromatic N) is 1. The van der Waals surface area contributed by atoms with Gasteiger partial charge in [0.25, 0.3) is 0 Å². The molecule has 0 aromatic rings. The van der Waals surface area contributed by atoms with Gasteiger partial charge in [-0.25, -0.2) is 4.99 Å². The Balaban J connectivity index is 2.12. The van der Waals surface area contributed by atoms with Crippen LogP contribution >= 0.6 is 11.8 Å². The standard InChI is InChI=1S/C7H14N2OS/c1-6-5-10-7(9-6)11-4-2-3-8/h6H,2-5,8H2,1H3. The van der Waals surface area contributed by atoms with Crippen molar-refractivity contribution in [2.24, 2.45) is 10.7 Å². The molecule has 0 saturated heterocycles. The van der Waals surface area contributed by atoms with E-state index >= 15 is 0 Å². The Morgan fingerprint density at radius 2 is 2.64 bits per heavy atom. The van der Waals surface area contributed by atoms with Gasteiger partial charge in [-0.1, -0.05) is 11.8 Å². The largest absolute Gasteiger partial charge is 0.471 e. The van der Waals surface area contributed by atoms with Crippen LogP contribution in [0.25, 0.3) is 0 Å². The van der Waals surface area contributed by atoms with Crippen LogP contribution in [-0.4, -0.2) is 30.2 Å². The lowest BCUT2D eigenvalue weighted by Gasteiger charge is -1.98. The Morgan fingerprint density at radius 3 is 3.18 bits per heavy atom. The first kappa shape index (κ1) is 8.87. The van der Waals surface area contributed by atoms with Gasteiger partial charge >= 0.3 is 0 Å². The molecule has 1 rings (SSSR count). The average Bonchev–Trinajstić information content (AvgIpc) is 2.37. The van der Waals surface area contributed by atoms with Gasteiger partial charge < -0.3 is 10.5 Å². The van der Waals surface area contributed by atoms with Crippen molar-refractivity contribution in [1.29, 1.82) is 0 Å². The second kappa shape index (κ2) is 4.62.